The SMILES string of the molecule is CS(=O)(=O)N1CCN(c2ccc(N3CCCC3=O)cc2CO)CC1.CS(=O)(=O)N1CCN(c2ccc(NC(=O)CCCCl)cc2CO)CC1.[K+].[OH-]. The zero-order chi connectivity index (χ0) is 35.8. The summed E-state index contributed by atoms with van der Waals surface area (Å²) in [5, 5.41) is 22.2. The fourth-order valence-electron chi connectivity index (χ4n) is 6.17. The van der Waals surface area contributed by atoms with Crippen LogP contribution in [0.2, 0.25) is 0 Å². The second kappa shape index (κ2) is 20.9. The van der Waals surface area contributed by atoms with Gasteiger partial charge in [0, 0.05) is 112 Å². The molecule has 4 N–H and O–H groups in total. The number of nitrogens with one attached hydrogen (secondary N) is 1. The number of alkyl halides is 1. The van der Waals surface area contributed by atoms with Gasteiger partial charge in [0.05, 0.1) is 25.7 Å². The van der Waals surface area contributed by atoms with Crippen LogP contribution in [0, 0.1) is 0 Å². The Morgan fingerprint density at radius 3 is 1.71 bits per heavy atom. The van der Waals surface area contributed by atoms with Crippen LogP contribution in [0.25, 0.3) is 0 Å². The molecule has 3 saturated heterocycles. The van der Waals surface area contributed by atoms with Crippen molar-refractivity contribution in [3.8, 4) is 0 Å². The number of sulfonamides is 2. The first kappa shape index (κ1) is 45.8. The molecule has 0 spiro atoms. The van der Waals surface area contributed by atoms with Gasteiger partial charge in [0.2, 0.25) is 31.9 Å². The fraction of sp³-hybridized carbons (Fsp3) is 0.562. The van der Waals surface area contributed by atoms with Crippen LogP contribution in [0.4, 0.5) is 22.7 Å². The number of benzene rings is 2. The van der Waals surface area contributed by atoms with Gasteiger partial charge in [0.15, 0.2) is 0 Å². The van der Waals surface area contributed by atoms with Crippen LogP contribution < -0.4 is 71.4 Å². The minimum absolute atomic E-state index is 0. The van der Waals surface area contributed by atoms with Gasteiger partial charge < -0.3 is 35.7 Å². The van der Waals surface area contributed by atoms with Crippen LogP contribution in [0.15, 0.2) is 36.4 Å². The van der Waals surface area contributed by atoms with E-state index in [1.54, 1.807) is 17.0 Å². The van der Waals surface area contributed by atoms with Gasteiger partial charge >= 0.3 is 51.4 Å². The molecule has 5 rings (SSSR count). The normalized spacial score (nSPS) is 17.3. The van der Waals surface area contributed by atoms with E-state index in [2.05, 4.69) is 10.2 Å². The molecule has 0 atom stereocenters. The molecular formula is C32H48ClKN6O9S2. The van der Waals surface area contributed by atoms with E-state index in [1.807, 2.05) is 29.2 Å². The summed E-state index contributed by atoms with van der Waals surface area (Å²) in [5.41, 5.74) is 4.67. The second-order valence-corrected chi connectivity index (χ2v) is 16.6. The van der Waals surface area contributed by atoms with E-state index in [1.165, 1.54) is 21.1 Å². The number of aliphatic hydroxyl groups is 2. The van der Waals surface area contributed by atoms with Crippen molar-refractivity contribution in [2.75, 3.05) is 97.3 Å². The molecule has 15 nitrogen and oxygen atoms in total. The Bertz CT molecular complexity index is 1690. The number of piperazine rings is 2. The fourth-order valence-corrected chi connectivity index (χ4v) is 7.95. The van der Waals surface area contributed by atoms with E-state index in [0.717, 1.165) is 35.6 Å². The number of hydrogen-bond acceptors (Lipinski definition) is 11. The summed E-state index contributed by atoms with van der Waals surface area (Å²) in [6.07, 6.45) is 4.84. The summed E-state index contributed by atoms with van der Waals surface area (Å²) < 4.78 is 49.3. The molecule has 3 heterocycles. The standard InChI is InChI=1S/C16H24ClN3O4S.C16H23N3O4S.K.H2O/c1-25(23,24)20-9-7-19(8-10-20)15-5-4-14(11-13(15)12-21)18-16(22)3-2-6-17;1-24(22,23)18-9-7-17(8-10-18)15-5-4-14(11-13(15)12-20)19-6-2-3-16(19)21;;/h4-5,11,21H,2-3,6-10,12H2,1H3,(H,18,22);4-5,11,20H,2-3,6-10,12H2,1H3;;1H2/q;;+1;/p-1. The molecule has 0 aliphatic carbocycles. The third-order valence-corrected chi connectivity index (χ3v) is 11.7. The third-order valence-electron chi connectivity index (χ3n) is 8.79. The molecule has 2 aromatic carbocycles. The van der Waals surface area contributed by atoms with Gasteiger partial charge in [0.25, 0.3) is 0 Å². The molecule has 0 unspecified atom stereocenters. The predicted molar refractivity (Wildman–Crippen MR) is 194 cm³/mol. The zero-order valence-corrected chi connectivity index (χ0v) is 35.0. The Balaban J connectivity index is 0.000000340. The van der Waals surface area contributed by atoms with E-state index in [-0.39, 0.29) is 81.9 Å². The van der Waals surface area contributed by atoms with E-state index < -0.39 is 20.0 Å². The molecule has 0 radical (unpaired) electrons. The minimum atomic E-state index is -3.17. The topological polar surface area (TPSA) is 201 Å². The first-order valence-electron chi connectivity index (χ1n) is 16.3. The number of hydrogen-bond donors (Lipinski definition) is 3. The molecule has 0 aromatic heterocycles. The van der Waals surface area contributed by atoms with E-state index in [0.29, 0.717) is 88.8 Å². The van der Waals surface area contributed by atoms with Crippen molar-refractivity contribution in [3.05, 3.63) is 47.5 Å². The summed E-state index contributed by atoms with van der Waals surface area (Å²) in [6, 6.07) is 11.1. The minimum Gasteiger partial charge on any atom is -0.870 e. The van der Waals surface area contributed by atoms with Gasteiger partial charge in [-0.3, -0.25) is 9.59 Å². The van der Waals surface area contributed by atoms with Gasteiger partial charge in [-0.15, -0.1) is 11.6 Å². The third kappa shape index (κ3) is 12.9. The van der Waals surface area contributed by atoms with E-state index in [9.17, 15) is 36.6 Å². The molecule has 2 amide bonds. The van der Waals surface area contributed by atoms with Crippen LogP contribution in [0.1, 0.15) is 36.8 Å². The second-order valence-electron chi connectivity index (χ2n) is 12.3. The molecular weight excluding hydrogens is 751 g/mol. The molecule has 2 aromatic rings. The summed E-state index contributed by atoms with van der Waals surface area (Å²) in [7, 11) is -6.33. The summed E-state index contributed by atoms with van der Waals surface area (Å²) in [6.45, 7) is 4.45. The molecule has 3 aliphatic heterocycles. The predicted octanol–water partition coefficient (Wildman–Crippen LogP) is -1.57. The van der Waals surface area contributed by atoms with Crippen LogP contribution in [0.5, 0.6) is 0 Å². The average molecular weight is 799 g/mol. The summed E-state index contributed by atoms with van der Waals surface area (Å²) in [4.78, 5) is 29.6. The zero-order valence-electron chi connectivity index (χ0n) is 29.5. The van der Waals surface area contributed by atoms with Gasteiger partial charge in [-0.2, -0.15) is 8.61 Å². The first-order chi connectivity index (χ1) is 23.2. The van der Waals surface area contributed by atoms with Crippen molar-refractivity contribution in [1.29, 1.82) is 0 Å². The Hall–Kier alpha value is -1.39. The van der Waals surface area contributed by atoms with Crippen molar-refractivity contribution < 1.29 is 93.5 Å². The molecule has 280 valence electrons. The number of carbonyl (C=O) groups is 2. The quantitative estimate of drug-likeness (QED) is 0.175. The molecule has 0 saturated carbocycles. The number of nitrogens with zero attached hydrogens (tertiary/aromatic N) is 5. The molecule has 19 heteroatoms. The molecule has 3 aliphatic rings. The number of halogens is 1. The number of carbonyl (C=O) groups excluding carboxylic acids is 2. The van der Waals surface area contributed by atoms with E-state index in [4.69, 9.17) is 11.6 Å². The van der Waals surface area contributed by atoms with Crippen LogP contribution >= 0.6 is 11.6 Å². The number of rotatable bonds is 11. The van der Waals surface area contributed by atoms with Gasteiger partial charge in [-0.05, 0) is 49.2 Å². The average Bonchev–Trinajstić information content (AvgIpc) is 3.52. The van der Waals surface area contributed by atoms with Crippen molar-refractivity contribution in [2.45, 2.75) is 38.9 Å². The van der Waals surface area contributed by atoms with Gasteiger partial charge in [0.1, 0.15) is 0 Å². The largest absolute Gasteiger partial charge is 1.00 e. The van der Waals surface area contributed by atoms with Crippen molar-refractivity contribution >= 4 is 66.2 Å². The van der Waals surface area contributed by atoms with Crippen LogP contribution in [-0.2, 0) is 42.8 Å². The first-order valence-corrected chi connectivity index (χ1v) is 20.5. The molecule has 0 bridgehead atoms. The van der Waals surface area contributed by atoms with Crippen molar-refractivity contribution in [2.24, 2.45) is 0 Å². The molecule has 3 fully saturated rings. The van der Waals surface area contributed by atoms with Gasteiger partial charge in [-0.1, -0.05) is 0 Å². The van der Waals surface area contributed by atoms with Crippen LogP contribution in [0.3, 0.4) is 0 Å². The Morgan fingerprint density at radius 2 is 1.27 bits per heavy atom. The molecule has 51 heavy (non-hydrogen) atoms. The Kier molecular flexibility index (Phi) is 18.8. The monoisotopic (exact) mass is 798 g/mol. The smallest absolute Gasteiger partial charge is 0.870 e. The van der Waals surface area contributed by atoms with Gasteiger partial charge in [-0.25, -0.2) is 16.8 Å². The maximum Gasteiger partial charge on any atom is 1.00 e. The van der Waals surface area contributed by atoms with Crippen molar-refractivity contribution in [3.63, 3.8) is 0 Å². The Morgan fingerprint density at radius 1 is 0.784 bits per heavy atom. The maximum absolute atomic E-state index is 11.9. The van der Waals surface area contributed by atoms with E-state index >= 15 is 0 Å². The number of amides is 2. The number of anilines is 4. The number of aliphatic hydroxyl groups excluding tert-OH is 2. The maximum atomic E-state index is 11.9. The summed E-state index contributed by atoms with van der Waals surface area (Å²) >= 11 is 5.58. The summed E-state index contributed by atoms with van der Waals surface area (Å²) in [5.74, 6) is 0.445. The Labute approximate surface area is 348 Å². The van der Waals surface area contributed by atoms with Crippen LogP contribution in [-0.4, -0.2) is 130 Å². The van der Waals surface area contributed by atoms with Crippen molar-refractivity contribution in [1.82, 2.24) is 8.61 Å².